The Kier molecular flexibility index (Phi) is 2.59. The molecule has 3 rings (SSSR count). The Bertz CT molecular complexity index is 544. The Balaban J connectivity index is 2.01. The number of rotatable bonds is 2. The lowest BCUT2D eigenvalue weighted by molar-refractivity contribution is 0.521. The first-order chi connectivity index (χ1) is 8.25. The van der Waals surface area contributed by atoms with Gasteiger partial charge in [0.25, 0.3) is 0 Å². The van der Waals surface area contributed by atoms with Crippen LogP contribution in [0.2, 0.25) is 0 Å². The molecule has 2 heterocycles. The first kappa shape index (κ1) is 10.7. The van der Waals surface area contributed by atoms with Crippen LogP contribution in [-0.2, 0) is 6.42 Å². The fourth-order valence-electron chi connectivity index (χ4n) is 2.45. The van der Waals surface area contributed by atoms with Crippen LogP contribution in [0.15, 0.2) is 22.8 Å². The van der Waals surface area contributed by atoms with Crippen LogP contribution in [0.25, 0.3) is 11.0 Å². The summed E-state index contributed by atoms with van der Waals surface area (Å²) in [6, 6.07) is 2.99. The molecule has 0 amide bonds. The molecule has 1 atom stereocenters. The quantitative estimate of drug-likeness (QED) is 0.868. The number of fused-ring (bicyclic) bond motifs is 1. The molecule has 1 unspecified atom stereocenters. The summed E-state index contributed by atoms with van der Waals surface area (Å²) in [5, 5.41) is 3.61. The first-order valence-corrected chi connectivity index (χ1v) is 5.83. The van der Waals surface area contributed by atoms with Crippen molar-refractivity contribution in [2.75, 3.05) is 6.54 Å². The van der Waals surface area contributed by atoms with Crippen molar-refractivity contribution in [1.29, 1.82) is 0 Å². The van der Waals surface area contributed by atoms with Crippen LogP contribution in [0, 0.1) is 11.6 Å². The molecule has 1 aliphatic rings. The van der Waals surface area contributed by atoms with Crippen LogP contribution in [0.4, 0.5) is 8.78 Å². The molecule has 0 radical (unpaired) electrons. The van der Waals surface area contributed by atoms with E-state index in [1.54, 1.807) is 0 Å². The van der Waals surface area contributed by atoms with E-state index >= 15 is 0 Å². The van der Waals surface area contributed by atoms with Gasteiger partial charge in [-0.2, -0.15) is 0 Å². The molecular formula is C13H13F2NO. The highest BCUT2D eigenvalue weighted by Gasteiger charge is 2.21. The number of benzene rings is 1. The SMILES string of the molecule is Fc1cc2occc2c(F)c1CC1CCCN1. The Morgan fingerprint density at radius 1 is 1.41 bits per heavy atom. The Morgan fingerprint density at radius 3 is 3.06 bits per heavy atom. The maximum atomic E-state index is 14.1. The van der Waals surface area contributed by atoms with Crippen molar-refractivity contribution in [2.45, 2.75) is 25.3 Å². The average molecular weight is 237 g/mol. The maximum Gasteiger partial charge on any atom is 0.140 e. The highest BCUT2D eigenvalue weighted by Crippen LogP contribution is 2.26. The molecule has 0 spiro atoms. The molecule has 2 nitrogen and oxygen atoms in total. The molecule has 0 aliphatic carbocycles. The molecule has 1 aromatic heterocycles. The van der Waals surface area contributed by atoms with Crippen LogP contribution in [-0.4, -0.2) is 12.6 Å². The summed E-state index contributed by atoms with van der Waals surface area (Å²) in [5.41, 5.74) is 0.432. The summed E-state index contributed by atoms with van der Waals surface area (Å²) < 4.78 is 32.9. The van der Waals surface area contributed by atoms with Crippen molar-refractivity contribution in [3.05, 3.63) is 35.6 Å². The normalized spacial score (nSPS) is 20.2. The number of hydrogen-bond donors (Lipinski definition) is 1. The second-order valence-corrected chi connectivity index (χ2v) is 4.48. The van der Waals surface area contributed by atoms with Gasteiger partial charge < -0.3 is 9.73 Å². The molecule has 90 valence electrons. The molecule has 1 aromatic carbocycles. The minimum absolute atomic E-state index is 0.165. The van der Waals surface area contributed by atoms with Gasteiger partial charge in [-0.05, 0) is 31.9 Å². The molecule has 1 fully saturated rings. The Morgan fingerprint density at radius 2 is 2.29 bits per heavy atom. The molecule has 0 bridgehead atoms. The van der Waals surface area contributed by atoms with Crippen LogP contribution < -0.4 is 5.32 Å². The predicted octanol–water partition coefficient (Wildman–Crippen LogP) is 3.01. The van der Waals surface area contributed by atoms with Crippen molar-refractivity contribution in [1.82, 2.24) is 5.32 Å². The second kappa shape index (κ2) is 4.11. The van der Waals surface area contributed by atoms with Crippen molar-refractivity contribution < 1.29 is 13.2 Å². The van der Waals surface area contributed by atoms with Crippen molar-refractivity contribution in [3.8, 4) is 0 Å². The summed E-state index contributed by atoms with van der Waals surface area (Å²) in [7, 11) is 0. The standard InChI is InChI=1S/C13H13F2NO/c14-11-7-12-9(3-5-17-12)13(15)10(11)6-8-2-1-4-16-8/h3,5,7-8,16H,1-2,4,6H2. The van der Waals surface area contributed by atoms with Crippen LogP contribution in [0.1, 0.15) is 18.4 Å². The minimum Gasteiger partial charge on any atom is -0.464 e. The molecule has 0 saturated carbocycles. The zero-order chi connectivity index (χ0) is 11.8. The Hall–Kier alpha value is -1.42. The van der Waals surface area contributed by atoms with Gasteiger partial charge in [-0.1, -0.05) is 0 Å². The zero-order valence-corrected chi connectivity index (χ0v) is 9.30. The van der Waals surface area contributed by atoms with E-state index in [4.69, 9.17) is 4.42 Å². The number of nitrogens with one attached hydrogen (secondary N) is 1. The van der Waals surface area contributed by atoms with Gasteiger partial charge in [0.15, 0.2) is 0 Å². The first-order valence-electron chi connectivity index (χ1n) is 5.83. The summed E-state index contributed by atoms with van der Waals surface area (Å²) in [5.74, 6) is -0.999. The van der Waals surface area contributed by atoms with Crippen molar-refractivity contribution in [3.63, 3.8) is 0 Å². The number of furan rings is 1. The van der Waals surface area contributed by atoms with Crippen LogP contribution in [0.5, 0.6) is 0 Å². The molecule has 1 N–H and O–H groups in total. The lowest BCUT2D eigenvalue weighted by Gasteiger charge is -2.11. The highest BCUT2D eigenvalue weighted by molar-refractivity contribution is 5.78. The molecule has 4 heteroatoms. The predicted molar refractivity (Wildman–Crippen MR) is 60.9 cm³/mol. The zero-order valence-electron chi connectivity index (χ0n) is 9.30. The monoisotopic (exact) mass is 237 g/mol. The average Bonchev–Trinajstić information content (AvgIpc) is 2.94. The highest BCUT2D eigenvalue weighted by atomic mass is 19.1. The third-order valence-corrected chi connectivity index (χ3v) is 3.36. The van der Waals surface area contributed by atoms with E-state index in [0.29, 0.717) is 11.8 Å². The second-order valence-electron chi connectivity index (χ2n) is 4.48. The number of halogens is 2. The van der Waals surface area contributed by atoms with Gasteiger partial charge in [0.1, 0.15) is 17.2 Å². The summed E-state index contributed by atoms with van der Waals surface area (Å²) in [4.78, 5) is 0. The minimum atomic E-state index is -0.515. The smallest absolute Gasteiger partial charge is 0.140 e. The van der Waals surface area contributed by atoms with E-state index < -0.39 is 11.6 Å². The van der Waals surface area contributed by atoms with Crippen LogP contribution >= 0.6 is 0 Å². The summed E-state index contributed by atoms with van der Waals surface area (Å²) >= 11 is 0. The fourth-order valence-corrected chi connectivity index (χ4v) is 2.45. The topological polar surface area (TPSA) is 25.2 Å². The Labute approximate surface area is 97.6 Å². The largest absolute Gasteiger partial charge is 0.464 e. The van der Waals surface area contributed by atoms with Gasteiger partial charge in [-0.3, -0.25) is 0 Å². The van der Waals surface area contributed by atoms with Gasteiger partial charge in [-0.15, -0.1) is 0 Å². The molecule has 1 saturated heterocycles. The lowest BCUT2D eigenvalue weighted by atomic mass is 10.0. The van der Waals surface area contributed by atoms with E-state index in [1.807, 2.05) is 0 Å². The number of hydrogen-bond acceptors (Lipinski definition) is 2. The van der Waals surface area contributed by atoms with E-state index in [9.17, 15) is 8.78 Å². The third-order valence-electron chi connectivity index (χ3n) is 3.36. The van der Waals surface area contributed by atoms with Crippen LogP contribution in [0.3, 0.4) is 0 Å². The third kappa shape index (κ3) is 1.82. The van der Waals surface area contributed by atoms with E-state index in [0.717, 1.165) is 19.4 Å². The van der Waals surface area contributed by atoms with Gasteiger partial charge >= 0.3 is 0 Å². The lowest BCUT2D eigenvalue weighted by Crippen LogP contribution is -2.24. The maximum absolute atomic E-state index is 14.1. The van der Waals surface area contributed by atoms with E-state index in [2.05, 4.69) is 5.32 Å². The van der Waals surface area contributed by atoms with Crippen molar-refractivity contribution >= 4 is 11.0 Å². The fraction of sp³-hybridized carbons (Fsp3) is 0.385. The van der Waals surface area contributed by atoms with Gasteiger partial charge in [-0.25, -0.2) is 8.78 Å². The van der Waals surface area contributed by atoms with Gasteiger partial charge in [0.2, 0.25) is 0 Å². The molecule has 2 aromatic rings. The van der Waals surface area contributed by atoms with E-state index in [1.165, 1.54) is 18.4 Å². The molecule has 1 aliphatic heterocycles. The van der Waals surface area contributed by atoms with E-state index in [-0.39, 0.29) is 17.2 Å². The molecule has 17 heavy (non-hydrogen) atoms. The summed E-state index contributed by atoms with van der Waals surface area (Å²) in [6.45, 7) is 0.932. The van der Waals surface area contributed by atoms with Gasteiger partial charge in [0, 0.05) is 17.7 Å². The molecular weight excluding hydrogens is 224 g/mol. The van der Waals surface area contributed by atoms with Crippen molar-refractivity contribution in [2.24, 2.45) is 0 Å². The summed E-state index contributed by atoms with van der Waals surface area (Å²) in [6.07, 6.45) is 3.83. The van der Waals surface area contributed by atoms with Gasteiger partial charge in [0.05, 0.1) is 11.6 Å².